The number of hydrogen-bond acceptors (Lipinski definition) is 4. The highest BCUT2D eigenvalue weighted by atomic mass is 16.6. The van der Waals surface area contributed by atoms with Crippen molar-refractivity contribution in [2.45, 2.75) is 13.0 Å². The van der Waals surface area contributed by atoms with Crippen LogP contribution < -0.4 is 9.80 Å². The molecule has 1 aromatic carbocycles. The van der Waals surface area contributed by atoms with E-state index in [0.717, 1.165) is 30.9 Å². The van der Waals surface area contributed by atoms with Crippen LogP contribution in [-0.2, 0) is 17.7 Å². The number of ether oxygens (including phenoxy) is 1. The van der Waals surface area contributed by atoms with Gasteiger partial charge in [0.25, 0.3) is 0 Å². The highest BCUT2D eigenvalue weighted by Gasteiger charge is 2.26. The summed E-state index contributed by atoms with van der Waals surface area (Å²) >= 11 is 0. The van der Waals surface area contributed by atoms with Crippen molar-refractivity contribution in [3.63, 3.8) is 0 Å². The lowest BCUT2D eigenvalue weighted by Gasteiger charge is -2.20. The first-order valence-corrected chi connectivity index (χ1v) is 7.11. The third-order valence-electron chi connectivity index (χ3n) is 4.05. The fourth-order valence-electron chi connectivity index (χ4n) is 2.97. The monoisotopic (exact) mass is 284 g/mol. The van der Waals surface area contributed by atoms with Gasteiger partial charge in [-0.05, 0) is 24.1 Å². The van der Waals surface area contributed by atoms with Gasteiger partial charge in [0.15, 0.2) is 0 Å². The molecule has 2 aliphatic rings. The van der Waals surface area contributed by atoms with E-state index >= 15 is 0 Å². The van der Waals surface area contributed by atoms with Crippen LogP contribution in [0.2, 0.25) is 0 Å². The summed E-state index contributed by atoms with van der Waals surface area (Å²) in [6, 6.07) is 6.21. The van der Waals surface area contributed by atoms with Crippen LogP contribution in [0.3, 0.4) is 0 Å². The van der Waals surface area contributed by atoms with E-state index in [1.165, 1.54) is 11.3 Å². The number of nitrogens with one attached hydrogen (secondary N) is 1. The molecule has 2 aliphatic heterocycles. The second kappa shape index (κ2) is 4.80. The molecule has 1 fully saturated rings. The molecule has 0 radical (unpaired) electrons. The van der Waals surface area contributed by atoms with Gasteiger partial charge in [-0.15, -0.1) is 0 Å². The lowest BCUT2D eigenvalue weighted by Crippen LogP contribution is -2.24. The molecule has 6 nitrogen and oxygen atoms in total. The van der Waals surface area contributed by atoms with Crippen molar-refractivity contribution >= 4 is 17.5 Å². The molecule has 108 valence electrons. The predicted octanol–water partition coefficient (Wildman–Crippen LogP) is 1.93. The fourth-order valence-corrected chi connectivity index (χ4v) is 2.97. The predicted molar refractivity (Wildman–Crippen MR) is 78.5 cm³/mol. The van der Waals surface area contributed by atoms with Crippen LogP contribution in [0.25, 0.3) is 0 Å². The Balaban J connectivity index is 1.62. The second-order valence-electron chi connectivity index (χ2n) is 5.33. The van der Waals surface area contributed by atoms with Crippen LogP contribution in [-0.4, -0.2) is 35.8 Å². The maximum atomic E-state index is 11.7. The number of carbonyl (C=O) groups is 1. The Morgan fingerprint density at radius 3 is 3.05 bits per heavy atom. The molecule has 6 heteroatoms. The zero-order valence-electron chi connectivity index (χ0n) is 11.6. The molecule has 21 heavy (non-hydrogen) atoms. The molecular weight excluding hydrogens is 268 g/mol. The highest BCUT2D eigenvalue weighted by molar-refractivity contribution is 5.90. The van der Waals surface area contributed by atoms with Gasteiger partial charge in [0.2, 0.25) is 0 Å². The van der Waals surface area contributed by atoms with E-state index in [2.05, 4.69) is 27.0 Å². The minimum atomic E-state index is -0.256. The number of rotatable bonds is 3. The number of carbonyl (C=O) groups excluding carboxylic acids is 1. The van der Waals surface area contributed by atoms with Gasteiger partial charge in [-0.3, -0.25) is 4.90 Å². The summed E-state index contributed by atoms with van der Waals surface area (Å²) in [6.45, 7) is 2.88. The topological polar surface area (TPSA) is 61.5 Å². The van der Waals surface area contributed by atoms with Crippen molar-refractivity contribution in [3.8, 4) is 0 Å². The number of aromatic amines is 1. The Hall–Kier alpha value is -2.50. The lowest BCUT2D eigenvalue weighted by molar-refractivity contribution is 0.181. The average molecular weight is 284 g/mol. The molecular formula is C15H16N4O2. The number of nitrogens with zero attached hydrogens (tertiary/aromatic N) is 3. The maximum absolute atomic E-state index is 11.7. The third-order valence-corrected chi connectivity index (χ3v) is 4.05. The van der Waals surface area contributed by atoms with E-state index in [4.69, 9.17) is 4.74 Å². The van der Waals surface area contributed by atoms with Crippen molar-refractivity contribution in [1.29, 1.82) is 0 Å². The molecule has 0 atom stereocenters. The van der Waals surface area contributed by atoms with Crippen LogP contribution in [0.4, 0.5) is 16.2 Å². The van der Waals surface area contributed by atoms with Crippen molar-refractivity contribution in [2.24, 2.45) is 0 Å². The van der Waals surface area contributed by atoms with Crippen molar-refractivity contribution in [1.82, 2.24) is 9.97 Å². The van der Waals surface area contributed by atoms with E-state index < -0.39 is 0 Å². The Kier molecular flexibility index (Phi) is 2.80. The summed E-state index contributed by atoms with van der Waals surface area (Å²) in [4.78, 5) is 22.9. The Bertz CT molecular complexity index is 668. The van der Waals surface area contributed by atoms with Gasteiger partial charge >= 0.3 is 6.09 Å². The fraction of sp³-hybridized carbons (Fsp3) is 0.333. The number of hydrogen-bond donors (Lipinski definition) is 1. The van der Waals surface area contributed by atoms with Gasteiger partial charge in [-0.2, -0.15) is 0 Å². The summed E-state index contributed by atoms with van der Waals surface area (Å²) in [5, 5.41) is 0. The van der Waals surface area contributed by atoms with Crippen molar-refractivity contribution < 1.29 is 9.53 Å². The first-order chi connectivity index (χ1) is 10.3. The van der Waals surface area contributed by atoms with Crippen LogP contribution in [0, 0.1) is 0 Å². The molecule has 1 saturated heterocycles. The lowest BCUT2D eigenvalue weighted by atomic mass is 10.1. The maximum Gasteiger partial charge on any atom is 0.414 e. The normalized spacial score (nSPS) is 17.2. The summed E-state index contributed by atoms with van der Waals surface area (Å²) in [7, 11) is 0. The molecule has 0 unspecified atom stereocenters. The zero-order valence-corrected chi connectivity index (χ0v) is 11.6. The third kappa shape index (κ3) is 2.12. The molecule has 1 amide bonds. The Morgan fingerprint density at radius 2 is 2.29 bits per heavy atom. The number of cyclic esters (lactones) is 1. The number of H-pyrrole nitrogens is 1. The summed E-state index contributed by atoms with van der Waals surface area (Å²) in [5.41, 5.74) is 4.52. The van der Waals surface area contributed by atoms with Gasteiger partial charge < -0.3 is 14.6 Å². The molecule has 3 heterocycles. The van der Waals surface area contributed by atoms with Crippen molar-refractivity contribution in [3.05, 3.63) is 42.0 Å². The Labute approximate surface area is 122 Å². The Morgan fingerprint density at radius 1 is 1.33 bits per heavy atom. The summed E-state index contributed by atoms with van der Waals surface area (Å²) in [6.07, 6.45) is 4.32. The van der Waals surface area contributed by atoms with E-state index in [-0.39, 0.29) is 6.09 Å². The van der Waals surface area contributed by atoms with Gasteiger partial charge in [0.05, 0.1) is 25.1 Å². The van der Waals surface area contributed by atoms with Gasteiger partial charge in [0, 0.05) is 24.1 Å². The van der Waals surface area contributed by atoms with E-state index in [1.807, 2.05) is 12.3 Å². The molecule has 0 aliphatic carbocycles. The number of benzene rings is 1. The van der Waals surface area contributed by atoms with Gasteiger partial charge in [-0.25, -0.2) is 9.78 Å². The van der Waals surface area contributed by atoms with Crippen LogP contribution >= 0.6 is 0 Å². The van der Waals surface area contributed by atoms with Crippen molar-refractivity contribution in [2.75, 3.05) is 29.5 Å². The first kappa shape index (κ1) is 12.3. The number of fused-ring (bicyclic) bond motifs is 1. The number of imidazole rings is 1. The smallest absolute Gasteiger partial charge is 0.414 e. The summed E-state index contributed by atoms with van der Waals surface area (Å²) in [5.74, 6) is 0. The molecule has 2 aromatic rings. The van der Waals surface area contributed by atoms with Gasteiger partial charge in [0.1, 0.15) is 6.61 Å². The molecule has 1 aromatic heterocycles. The van der Waals surface area contributed by atoms with Gasteiger partial charge in [-0.1, -0.05) is 6.07 Å². The van der Waals surface area contributed by atoms with Crippen LogP contribution in [0.1, 0.15) is 11.3 Å². The minimum absolute atomic E-state index is 0.256. The SMILES string of the molecule is O=C1OCCN1c1ccc2c(c1)N(Cc1cnc[nH]1)CC2. The van der Waals surface area contributed by atoms with E-state index in [0.29, 0.717) is 13.2 Å². The average Bonchev–Trinajstić information content (AvgIpc) is 3.21. The molecule has 1 N–H and O–H groups in total. The highest BCUT2D eigenvalue weighted by Crippen LogP contribution is 2.33. The zero-order chi connectivity index (χ0) is 14.2. The number of aromatic nitrogens is 2. The molecule has 0 bridgehead atoms. The number of amides is 1. The minimum Gasteiger partial charge on any atom is -0.447 e. The quantitative estimate of drug-likeness (QED) is 0.935. The first-order valence-electron chi connectivity index (χ1n) is 7.11. The molecule has 0 spiro atoms. The van der Waals surface area contributed by atoms with E-state index in [1.54, 1.807) is 11.2 Å². The largest absolute Gasteiger partial charge is 0.447 e. The van der Waals surface area contributed by atoms with E-state index in [9.17, 15) is 4.79 Å². The summed E-state index contributed by atoms with van der Waals surface area (Å²) < 4.78 is 5.01. The second-order valence-corrected chi connectivity index (χ2v) is 5.33. The number of anilines is 2. The molecule has 0 saturated carbocycles. The standard InChI is InChI=1S/C15H16N4O2/c20-15-19(5-6-21-15)13-2-1-11-3-4-18(14(11)7-13)9-12-8-16-10-17-12/h1-2,7-8,10H,3-6,9H2,(H,16,17). The van der Waals surface area contributed by atoms with Crippen LogP contribution in [0.15, 0.2) is 30.7 Å². The molecule has 4 rings (SSSR count). The van der Waals surface area contributed by atoms with Crippen LogP contribution in [0.5, 0.6) is 0 Å².